The third-order valence-corrected chi connectivity index (χ3v) is 5.30. The first kappa shape index (κ1) is 19.2. The predicted octanol–water partition coefficient (Wildman–Crippen LogP) is 2.67. The van der Waals surface area contributed by atoms with Gasteiger partial charge in [0.15, 0.2) is 0 Å². The SMILES string of the molecule is COCCNC(=O)c1c(N)[nH]c2cc(N(C)C(=O)C3CCCCC3)ccc12. The van der Waals surface area contributed by atoms with Crippen LogP contribution in [-0.4, -0.2) is 44.1 Å². The van der Waals surface area contributed by atoms with Crippen molar-refractivity contribution in [2.24, 2.45) is 5.92 Å². The number of H-pyrrole nitrogens is 1. The summed E-state index contributed by atoms with van der Waals surface area (Å²) in [5, 5.41) is 3.53. The molecule has 2 aromatic rings. The summed E-state index contributed by atoms with van der Waals surface area (Å²) in [6, 6.07) is 5.58. The molecule has 0 spiro atoms. The molecular weight excluding hydrogens is 344 g/mol. The molecule has 1 aromatic heterocycles. The van der Waals surface area contributed by atoms with Gasteiger partial charge in [-0.3, -0.25) is 9.59 Å². The van der Waals surface area contributed by atoms with E-state index in [1.165, 1.54) is 6.42 Å². The van der Waals surface area contributed by atoms with Crippen molar-refractivity contribution < 1.29 is 14.3 Å². The molecule has 0 bridgehead atoms. The van der Waals surface area contributed by atoms with Crippen molar-refractivity contribution in [2.45, 2.75) is 32.1 Å². The van der Waals surface area contributed by atoms with E-state index in [0.717, 1.165) is 42.3 Å². The highest BCUT2D eigenvalue weighted by atomic mass is 16.5. The maximum Gasteiger partial charge on any atom is 0.255 e. The number of fused-ring (bicyclic) bond motifs is 1. The molecule has 2 amide bonds. The van der Waals surface area contributed by atoms with E-state index in [4.69, 9.17) is 10.5 Å². The van der Waals surface area contributed by atoms with Crippen LogP contribution in [-0.2, 0) is 9.53 Å². The number of amides is 2. The Kier molecular flexibility index (Phi) is 6.01. The molecule has 1 heterocycles. The summed E-state index contributed by atoms with van der Waals surface area (Å²) >= 11 is 0. The fraction of sp³-hybridized carbons (Fsp3) is 0.500. The Morgan fingerprint density at radius 3 is 2.74 bits per heavy atom. The number of nitrogens with one attached hydrogen (secondary N) is 2. The summed E-state index contributed by atoms with van der Waals surface area (Å²) in [4.78, 5) is 30.0. The Bertz CT molecular complexity index is 824. The summed E-state index contributed by atoms with van der Waals surface area (Å²) < 4.78 is 4.95. The lowest BCUT2D eigenvalue weighted by Crippen LogP contribution is -2.33. The van der Waals surface area contributed by atoms with Crippen LogP contribution in [0.5, 0.6) is 0 Å². The summed E-state index contributed by atoms with van der Waals surface area (Å²) in [7, 11) is 3.39. The van der Waals surface area contributed by atoms with Crippen molar-refractivity contribution in [1.82, 2.24) is 10.3 Å². The molecular formula is C20H28N4O3. The number of aromatic nitrogens is 1. The molecule has 1 saturated carbocycles. The van der Waals surface area contributed by atoms with Crippen molar-refractivity contribution in [3.8, 4) is 0 Å². The summed E-state index contributed by atoms with van der Waals surface area (Å²) in [5.41, 5.74) is 8.00. The van der Waals surface area contributed by atoms with Gasteiger partial charge in [-0.05, 0) is 31.0 Å². The highest BCUT2D eigenvalue weighted by Crippen LogP contribution is 2.30. The molecule has 1 aromatic carbocycles. The topological polar surface area (TPSA) is 100 Å². The quantitative estimate of drug-likeness (QED) is 0.679. The molecule has 0 atom stereocenters. The highest BCUT2D eigenvalue weighted by molar-refractivity contribution is 6.12. The molecule has 0 radical (unpaired) electrons. The largest absolute Gasteiger partial charge is 0.385 e. The zero-order valence-corrected chi connectivity index (χ0v) is 16.0. The molecule has 146 valence electrons. The number of aromatic amines is 1. The number of methoxy groups -OCH3 is 1. The van der Waals surface area contributed by atoms with Crippen LogP contribution in [0.1, 0.15) is 42.5 Å². The first-order valence-electron chi connectivity index (χ1n) is 9.49. The summed E-state index contributed by atoms with van der Waals surface area (Å²) in [5.74, 6) is 0.343. The van der Waals surface area contributed by atoms with Crippen molar-refractivity contribution in [2.75, 3.05) is 37.9 Å². The molecule has 1 fully saturated rings. The average Bonchev–Trinajstić information content (AvgIpc) is 3.02. The van der Waals surface area contributed by atoms with Crippen molar-refractivity contribution in [1.29, 1.82) is 0 Å². The number of hydrogen-bond donors (Lipinski definition) is 3. The monoisotopic (exact) mass is 372 g/mol. The van der Waals surface area contributed by atoms with Gasteiger partial charge in [-0.25, -0.2) is 0 Å². The Morgan fingerprint density at radius 1 is 1.30 bits per heavy atom. The van der Waals surface area contributed by atoms with Crippen molar-refractivity contribution in [3.05, 3.63) is 23.8 Å². The summed E-state index contributed by atoms with van der Waals surface area (Å²) in [6.45, 7) is 0.852. The van der Waals surface area contributed by atoms with E-state index in [9.17, 15) is 9.59 Å². The first-order chi connectivity index (χ1) is 13.0. The number of rotatable bonds is 6. The minimum atomic E-state index is -0.241. The van der Waals surface area contributed by atoms with Crippen LogP contribution in [0.3, 0.4) is 0 Å². The zero-order valence-electron chi connectivity index (χ0n) is 16.0. The Balaban J connectivity index is 1.81. The van der Waals surface area contributed by atoms with Crippen LogP contribution in [0.2, 0.25) is 0 Å². The number of carbonyl (C=O) groups excluding carboxylic acids is 2. The number of benzene rings is 1. The number of ether oxygens (including phenoxy) is 1. The normalized spacial score (nSPS) is 15.0. The van der Waals surface area contributed by atoms with Gasteiger partial charge >= 0.3 is 0 Å². The van der Waals surface area contributed by atoms with E-state index in [1.54, 1.807) is 12.0 Å². The fourth-order valence-corrected chi connectivity index (χ4v) is 3.77. The lowest BCUT2D eigenvalue weighted by atomic mass is 9.88. The molecule has 1 aliphatic rings. The Labute approximate surface area is 159 Å². The molecule has 1 aliphatic carbocycles. The van der Waals surface area contributed by atoms with E-state index < -0.39 is 0 Å². The third-order valence-electron chi connectivity index (χ3n) is 5.30. The van der Waals surface area contributed by atoms with Gasteiger partial charge in [0.2, 0.25) is 5.91 Å². The number of nitrogens with zero attached hydrogens (tertiary/aromatic N) is 1. The van der Waals surface area contributed by atoms with Crippen LogP contribution >= 0.6 is 0 Å². The average molecular weight is 372 g/mol. The van der Waals surface area contributed by atoms with Crippen LogP contribution in [0.25, 0.3) is 10.9 Å². The Hall–Kier alpha value is -2.54. The second-order valence-electron chi connectivity index (χ2n) is 7.12. The van der Waals surface area contributed by atoms with E-state index in [-0.39, 0.29) is 17.7 Å². The highest BCUT2D eigenvalue weighted by Gasteiger charge is 2.25. The molecule has 3 rings (SSSR count). The minimum absolute atomic E-state index is 0.107. The number of nitrogen functional groups attached to an aromatic ring is 1. The van der Waals surface area contributed by atoms with Crippen LogP contribution in [0.15, 0.2) is 18.2 Å². The van der Waals surface area contributed by atoms with Crippen LogP contribution in [0.4, 0.5) is 11.5 Å². The van der Waals surface area contributed by atoms with Gasteiger partial charge in [0, 0.05) is 43.2 Å². The smallest absolute Gasteiger partial charge is 0.255 e. The lowest BCUT2D eigenvalue weighted by Gasteiger charge is -2.26. The fourth-order valence-electron chi connectivity index (χ4n) is 3.77. The zero-order chi connectivity index (χ0) is 19.4. The van der Waals surface area contributed by atoms with Gasteiger partial charge < -0.3 is 25.7 Å². The van der Waals surface area contributed by atoms with Crippen molar-refractivity contribution >= 4 is 34.2 Å². The van der Waals surface area contributed by atoms with Gasteiger partial charge in [-0.15, -0.1) is 0 Å². The molecule has 7 heteroatoms. The van der Waals surface area contributed by atoms with E-state index in [2.05, 4.69) is 10.3 Å². The van der Waals surface area contributed by atoms with Gasteiger partial charge in [-0.1, -0.05) is 19.3 Å². The van der Waals surface area contributed by atoms with E-state index in [0.29, 0.717) is 24.5 Å². The molecule has 4 N–H and O–H groups in total. The minimum Gasteiger partial charge on any atom is -0.385 e. The standard InChI is InChI=1S/C20H28N4O3/c1-24(20(26)13-6-4-3-5-7-13)14-8-9-15-16(12-14)23-18(21)17(15)19(25)22-10-11-27-2/h8-9,12-13,23H,3-7,10-11,21H2,1-2H3,(H,22,25). The molecule has 0 saturated heterocycles. The molecule has 7 nitrogen and oxygen atoms in total. The number of nitrogens with two attached hydrogens (primary N) is 1. The van der Waals surface area contributed by atoms with Crippen molar-refractivity contribution in [3.63, 3.8) is 0 Å². The van der Waals surface area contributed by atoms with Gasteiger partial charge in [0.25, 0.3) is 5.91 Å². The number of anilines is 2. The third kappa shape index (κ3) is 4.08. The van der Waals surface area contributed by atoms with E-state index in [1.807, 2.05) is 25.2 Å². The molecule has 0 aliphatic heterocycles. The van der Waals surface area contributed by atoms with Gasteiger partial charge in [0.1, 0.15) is 5.82 Å². The summed E-state index contributed by atoms with van der Waals surface area (Å²) in [6.07, 6.45) is 5.39. The molecule has 27 heavy (non-hydrogen) atoms. The second-order valence-corrected chi connectivity index (χ2v) is 7.12. The van der Waals surface area contributed by atoms with Crippen LogP contribution < -0.4 is 16.0 Å². The maximum absolute atomic E-state index is 12.8. The number of hydrogen-bond acceptors (Lipinski definition) is 4. The number of carbonyl (C=O) groups is 2. The molecule has 0 unspecified atom stereocenters. The first-order valence-corrected chi connectivity index (χ1v) is 9.49. The maximum atomic E-state index is 12.8. The van der Waals surface area contributed by atoms with Crippen LogP contribution in [0, 0.1) is 5.92 Å². The second kappa shape index (κ2) is 8.43. The van der Waals surface area contributed by atoms with Gasteiger partial charge in [-0.2, -0.15) is 0 Å². The Morgan fingerprint density at radius 2 is 2.04 bits per heavy atom. The lowest BCUT2D eigenvalue weighted by molar-refractivity contribution is -0.123. The van der Waals surface area contributed by atoms with Gasteiger partial charge in [0.05, 0.1) is 12.2 Å². The predicted molar refractivity (Wildman–Crippen MR) is 107 cm³/mol. The van der Waals surface area contributed by atoms with E-state index >= 15 is 0 Å².